The molecule has 0 bridgehead atoms. The van der Waals surface area contributed by atoms with Gasteiger partial charge in [-0.1, -0.05) is 96.1 Å². The standard InChI is InChI=1S/C29H33NO3/c1-28(2,3)18-15-24(29(4,5)6)26(31)25(16-18)30-27(32)33-17-23-21-13-9-7-11-19(21)20-12-8-10-14-22(20)23/h7-16,23,31H,17H2,1-6H3,(H,30,32). The van der Waals surface area contributed by atoms with Gasteiger partial charge in [0, 0.05) is 11.5 Å². The highest BCUT2D eigenvalue weighted by atomic mass is 16.5. The van der Waals surface area contributed by atoms with Gasteiger partial charge in [-0.15, -0.1) is 0 Å². The van der Waals surface area contributed by atoms with Crippen LogP contribution in [-0.2, 0) is 15.6 Å². The highest BCUT2D eigenvalue weighted by molar-refractivity contribution is 5.88. The number of anilines is 1. The minimum Gasteiger partial charge on any atom is -0.505 e. The number of fused-ring (bicyclic) bond motifs is 3. The minimum absolute atomic E-state index is 0.0113. The Morgan fingerprint density at radius 2 is 1.42 bits per heavy atom. The average molecular weight is 444 g/mol. The first-order valence-corrected chi connectivity index (χ1v) is 11.5. The first-order valence-electron chi connectivity index (χ1n) is 11.5. The van der Waals surface area contributed by atoms with Crippen LogP contribution in [0, 0.1) is 0 Å². The zero-order valence-corrected chi connectivity index (χ0v) is 20.3. The lowest BCUT2D eigenvalue weighted by molar-refractivity contribution is 0.158. The summed E-state index contributed by atoms with van der Waals surface area (Å²) in [5, 5.41) is 13.7. The van der Waals surface area contributed by atoms with Crippen LogP contribution < -0.4 is 5.32 Å². The number of amides is 1. The van der Waals surface area contributed by atoms with Crippen molar-refractivity contribution in [1.82, 2.24) is 0 Å². The first-order chi connectivity index (χ1) is 15.5. The summed E-state index contributed by atoms with van der Waals surface area (Å²) < 4.78 is 5.69. The predicted molar refractivity (Wildman–Crippen MR) is 134 cm³/mol. The molecule has 172 valence electrons. The third kappa shape index (κ3) is 4.47. The molecule has 1 aliphatic rings. The molecule has 0 fully saturated rings. The molecule has 0 heterocycles. The maximum absolute atomic E-state index is 12.8. The second kappa shape index (κ2) is 8.26. The quantitative estimate of drug-likeness (QED) is 0.416. The summed E-state index contributed by atoms with van der Waals surface area (Å²) in [5.74, 6) is 0.0757. The molecule has 4 heteroatoms. The van der Waals surface area contributed by atoms with E-state index in [2.05, 4.69) is 50.4 Å². The maximum atomic E-state index is 12.8. The molecule has 0 saturated heterocycles. The molecule has 3 aromatic carbocycles. The molecule has 0 unspecified atom stereocenters. The Balaban J connectivity index is 1.57. The number of carbonyl (C=O) groups is 1. The lowest BCUT2D eigenvalue weighted by atomic mass is 9.79. The Kier molecular flexibility index (Phi) is 5.73. The van der Waals surface area contributed by atoms with Gasteiger partial charge in [0.25, 0.3) is 0 Å². The zero-order chi connectivity index (χ0) is 24.0. The van der Waals surface area contributed by atoms with Gasteiger partial charge in [0.1, 0.15) is 12.4 Å². The van der Waals surface area contributed by atoms with Gasteiger partial charge < -0.3 is 9.84 Å². The molecule has 0 saturated carbocycles. The molecule has 1 amide bonds. The predicted octanol–water partition coefficient (Wildman–Crippen LogP) is 7.35. The molecule has 3 aromatic rings. The van der Waals surface area contributed by atoms with Crippen molar-refractivity contribution in [2.75, 3.05) is 11.9 Å². The summed E-state index contributed by atoms with van der Waals surface area (Å²) >= 11 is 0. The van der Waals surface area contributed by atoms with Crippen LogP contribution in [0.25, 0.3) is 11.1 Å². The Morgan fingerprint density at radius 1 is 0.879 bits per heavy atom. The number of phenols is 1. The molecule has 0 atom stereocenters. The molecule has 0 radical (unpaired) electrons. The van der Waals surface area contributed by atoms with Crippen LogP contribution in [0.5, 0.6) is 5.75 Å². The summed E-state index contributed by atoms with van der Waals surface area (Å²) in [6.07, 6.45) is -0.571. The Hall–Kier alpha value is -3.27. The van der Waals surface area contributed by atoms with Crippen LogP contribution in [0.15, 0.2) is 60.7 Å². The zero-order valence-electron chi connectivity index (χ0n) is 20.3. The number of rotatable bonds is 3. The van der Waals surface area contributed by atoms with E-state index in [1.54, 1.807) is 0 Å². The molecule has 4 nitrogen and oxygen atoms in total. The van der Waals surface area contributed by atoms with E-state index >= 15 is 0 Å². The van der Waals surface area contributed by atoms with Gasteiger partial charge in [0.2, 0.25) is 0 Å². The van der Waals surface area contributed by atoms with Crippen molar-refractivity contribution in [2.45, 2.75) is 58.3 Å². The fraction of sp³-hybridized carbons (Fsp3) is 0.345. The third-order valence-electron chi connectivity index (χ3n) is 6.36. The van der Waals surface area contributed by atoms with Crippen molar-refractivity contribution in [2.24, 2.45) is 0 Å². The van der Waals surface area contributed by atoms with E-state index in [-0.39, 0.29) is 29.1 Å². The van der Waals surface area contributed by atoms with Gasteiger partial charge in [-0.25, -0.2) is 4.79 Å². The van der Waals surface area contributed by atoms with Crippen LogP contribution in [0.2, 0.25) is 0 Å². The normalized spacial score (nSPS) is 13.4. The number of hydrogen-bond acceptors (Lipinski definition) is 3. The summed E-state index contributed by atoms with van der Waals surface area (Å²) in [6, 6.07) is 20.4. The first kappa shape index (κ1) is 22.9. The van der Waals surface area contributed by atoms with Crippen LogP contribution >= 0.6 is 0 Å². The largest absolute Gasteiger partial charge is 0.505 e. The smallest absolute Gasteiger partial charge is 0.411 e. The third-order valence-corrected chi connectivity index (χ3v) is 6.36. The monoisotopic (exact) mass is 443 g/mol. The second-order valence-electron chi connectivity index (χ2n) is 10.9. The van der Waals surface area contributed by atoms with Crippen LogP contribution in [0.4, 0.5) is 10.5 Å². The summed E-state index contributed by atoms with van der Waals surface area (Å²) in [6.45, 7) is 12.7. The fourth-order valence-corrected chi connectivity index (χ4v) is 4.48. The van der Waals surface area contributed by atoms with E-state index in [1.165, 1.54) is 22.3 Å². The number of carbonyl (C=O) groups excluding carboxylic acids is 1. The van der Waals surface area contributed by atoms with Crippen molar-refractivity contribution < 1.29 is 14.6 Å². The van der Waals surface area contributed by atoms with Crippen molar-refractivity contribution in [3.63, 3.8) is 0 Å². The highest BCUT2D eigenvalue weighted by Gasteiger charge is 2.30. The molecule has 0 aliphatic heterocycles. The second-order valence-corrected chi connectivity index (χ2v) is 10.9. The van der Waals surface area contributed by atoms with Gasteiger partial charge in [0.05, 0.1) is 5.69 Å². The molecule has 0 aromatic heterocycles. The Labute approximate surface area is 196 Å². The van der Waals surface area contributed by atoms with Crippen molar-refractivity contribution in [3.8, 4) is 16.9 Å². The lowest BCUT2D eigenvalue weighted by Gasteiger charge is -2.27. The minimum atomic E-state index is -0.571. The van der Waals surface area contributed by atoms with E-state index in [0.29, 0.717) is 5.69 Å². The van der Waals surface area contributed by atoms with Crippen LogP contribution in [0.1, 0.15) is 69.7 Å². The SMILES string of the molecule is CC(C)(C)c1cc(NC(=O)OCC2c3ccccc3-c3ccccc32)c(O)c(C(C)(C)C)c1. The topological polar surface area (TPSA) is 58.6 Å². The van der Waals surface area contributed by atoms with E-state index in [0.717, 1.165) is 11.1 Å². The summed E-state index contributed by atoms with van der Waals surface area (Å²) in [4.78, 5) is 12.8. The number of phenolic OH excluding ortho intramolecular Hbond substituents is 1. The van der Waals surface area contributed by atoms with Gasteiger partial charge in [-0.05, 0) is 44.7 Å². The Morgan fingerprint density at radius 3 is 1.94 bits per heavy atom. The van der Waals surface area contributed by atoms with E-state index in [1.807, 2.05) is 57.2 Å². The molecule has 0 spiro atoms. The molecular weight excluding hydrogens is 410 g/mol. The van der Waals surface area contributed by atoms with Gasteiger partial charge >= 0.3 is 6.09 Å². The maximum Gasteiger partial charge on any atom is 0.411 e. The highest BCUT2D eigenvalue weighted by Crippen LogP contribution is 2.45. The van der Waals surface area contributed by atoms with E-state index in [9.17, 15) is 9.90 Å². The van der Waals surface area contributed by atoms with Gasteiger partial charge in [-0.2, -0.15) is 0 Å². The van der Waals surface area contributed by atoms with Crippen LogP contribution in [0.3, 0.4) is 0 Å². The van der Waals surface area contributed by atoms with Crippen LogP contribution in [-0.4, -0.2) is 17.8 Å². The average Bonchev–Trinajstić information content (AvgIpc) is 3.06. The molecule has 4 rings (SSSR count). The van der Waals surface area contributed by atoms with Gasteiger partial charge in [0.15, 0.2) is 0 Å². The molecule has 1 aliphatic carbocycles. The number of ether oxygens (including phenoxy) is 1. The summed E-state index contributed by atoms with van der Waals surface area (Å²) in [5.41, 5.74) is 6.51. The molecular formula is C29H33NO3. The van der Waals surface area contributed by atoms with Crippen molar-refractivity contribution in [3.05, 3.63) is 82.9 Å². The molecule has 2 N–H and O–H groups in total. The summed E-state index contributed by atoms with van der Waals surface area (Å²) in [7, 11) is 0. The number of benzene rings is 3. The van der Waals surface area contributed by atoms with E-state index in [4.69, 9.17) is 4.74 Å². The number of nitrogens with one attached hydrogen (secondary N) is 1. The Bertz CT molecular complexity index is 1150. The number of hydrogen-bond donors (Lipinski definition) is 2. The fourth-order valence-electron chi connectivity index (χ4n) is 4.48. The van der Waals surface area contributed by atoms with Crippen molar-refractivity contribution >= 4 is 11.8 Å². The lowest BCUT2D eigenvalue weighted by Crippen LogP contribution is -2.21. The van der Waals surface area contributed by atoms with Gasteiger partial charge in [-0.3, -0.25) is 5.32 Å². The molecule has 33 heavy (non-hydrogen) atoms. The number of aromatic hydroxyl groups is 1. The van der Waals surface area contributed by atoms with E-state index < -0.39 is 6.09 Å². The van der Waals surface area contributed by atoms with Crippen molar-refractivity contribution in [1.29, 1.82) is 0 Å².